The molecule has 0 aliphatic carbocycles. The number of aromatic nitrogens is 3. The molecule has 0 amide bonds. The number of rotatable bonds is 4. The second-order valence-corrected chi connectivity index (χ2v) is 4.96. The van der Waals surface area contributed by atoms with E-state index in [-0.39, 0.29) is 0 Å². The number of hydrogen-bond donors (Lipinski definition) is 1. The zero-order chi connectivity index (χ0) is 11.4. The average molecular weight is 255 g/mol. The van der Waals surface area contributed by atoms with Crippen molar-refractivity contribution in [3.8, 4) is 0 Å². The quantitative estimate of drug-likeness (QED) is 0.850. The molecule has 4 nitrogen and oxygen atoms in total. The van der Waals surface area contributed by atoms with E-state index in [4.69, 9.17) is 11.6 Å². The Morgan fingerprint density at radius 3 is 2.81 bits per heavy atom. The van der Waals surface area contributed by atoms with Gasteiger partial charge in [-0.1, -0.05) is 17.7 Å². The first kappa shape index (κ1) is 11.4. The summed E-state index contributed by atoms with van der Waals surface area (Å²) < 4.78 is 0. The average Bonchev–Trinajstić information content (AvgIpc) is 2.67. The molecular weight excluding hydrogens is 244 g/mol. The molecular formula is C10H11ClN4S. The van der Waals surface area contributed by atoms with Crippen LogP contribution in [0, 0.1) is 6.92 Å². The van der Waals surface area contributed by atoms with Gasteiger partial charge in [0.05, 0.1) is 0 Å². The number of nitrogens with one attached hydrogen (secondary N) is 1. The summed E-state index contributed by atoms with van der Waals surface area (Å²) >= 11 is 7.30. The van der Waals surface area contributed by atoms with Gasteiger partial charge in [0.1, 0.15) is 15.2 Å². The molecule has 0 saturated heterocycles. The Labute approximate surface area is 103 Å². The lowest BCUT2D eigenvalue weighted by Gasteiger charge is -2.01. The first-order chi connectivity index (χ1) is 7.74. The summed E-state index contributed by atoms with van der Waals surface area (Å²) in [5.41, 5.74) is 1.10. The van der Waals surface area contributed by atoms with Gasteiger partial charge in [-0.2, -0.15) is 0 Å². The molecule has 0 radical (unpaired) electrons. The molecule has 16 heavy (non-hydrogen) atoms. The maximum Gasteiger partial charge on any atom is 0.131 e. The van der Waals surface area contributed by atoms with E-state index in [1.54, 1.807) is 23.6 Å². The normalized spacial score (nSPS) is 10.6. The Morgan fingerprint density at radius 2 is 2.19 bits per heavy atom. The SMILES string of the molecule is Cc1nnc(CNCc2ccc(Cl)nc2)s1. The first-order valence-electron chi connectivity index (χ1n) is 4.84. The summed E-state index contributed by atoms with van der Waals surface area (Å²) in [6.07, 6.45) is 1.76. The molecule has 0 unspecified atom stereocenters. The van der Waals surface area contributed by atoms with Crippen molar-refractivity contribution in [3.63, 3.8) is 0 Å². The van der Waals surface area contributed by atoms with E-state index in [9.17, 15) is 0 Å². The van der Waals surface area contributed by atoms with E-state index < -0.39 is 0 Å². The summed E-state index contributed by atoms with van der Waals surface area (Å²) in [6, 6.07) is 3.74. The van der Waals surface area contributed by atoms with Crippen LogP contribution in [0.1, 0.15) is 15.6 Å². The van der Waals surface area contributed by atoms with Crippen molar-refractivity contribution < 1.29 is 0 Å². The van der Waals surface area contributed by atoms with Crippen molar-refractivity contribution in [2.45, 2.75) is 20.0 Å². The van der Waals surface area contributed by atoms with Crippen LogP contribution in [0.5, 0.6) is 0 Å². The largest absolute Gasteiger partial charge is 0.306 e. The summed E-state index contributed by atoms with van der Waals surface area (Å²) in [4.78, 5) is 4.01. The Balaban J connectivity index is 1.82. The van der Waals surface area contributed by atoms with Gasteiger partial charge in [-0.3, -0.25) is 0 Å². The summed E-state index contributed by atoms with van der Waals surface area (Å²) in [5, 5.41) is 13.8. The highest BCUT2D eigenvalue weighted by Gasteiger charge is 2.00. The second-order valence-electron chi connectivity index (χ2n) is 3.31. The molecule has 84 valence electrons. The third-order valence-corrected chi connectivity index (χ3v) is 3.02. The number of halogens is 1. The van der Waals surface area contributed by atoms with Gasteiger partial charge in [0.25, 0.3) is 0 Å². The lowest BCUT2D eigenvalue weighted by Crippen LogP contribution is -2.12. The fourth-order valence-corrected chi connectivity index (χ4v) is 2.02. The van der Waals surface area contributed by atoms with Gasteiger partial charge in [-0.25, -0.2) is 4.98 Å². The smallest absolute Gasteiger partial charge is 0.131 e. The molecule has 2 rings (SSSR count). The van der Waals surface area contributed by atoms with Gasteiger partial charge >= 0.3 is 0 Å². The Hall–Kier alpha value is -1.04. The highest BCUT2D eigenvalue weighted by molar-refractivity contribution is 7.11. The van der Waals surface area contributed by atoms with Gasteiger partial charge in [-0.05, 0) is 18.6 Å². The first-order valence-corrected chi connectivity index (χ1v) is 6.03. The monoisotopic (exact) mass is 254 g/mol. The summed E-state index contributed by atoms with van der Waals surface area (Å²) in [7, 11) is 0. The van der Waals surface area contributed by atoms with Gasteiger partial charge in [-0.15, -0.1) is 21.5 Å². The van der Waals surface area contributed by atoms with E-state index in [1.165, 1.54) is 0 Å². The molecule has 2 aromatic heterocycles. The van der Waals surface area contributed by atoms with E-state index in [1.807, 2.05) is 13.0 Å². The van der Waals surface area contributed by atoms with Crippen molar-refractivity contribution in [3.05, 3.63) is 39.1 Å². The lowest BCUT2D eigenvalue weighted by molar-refractivity contribution is 0.682. The van der Waals surface area contributed by atoms with Crippen LogP contribution in [0.15, 0.2) is 18.3 Å². The molecule has 2 aromatic rings. The van der Waals surface area contributed by atoms with Gasteiger partial charge in [0, 0.05) is 19.3 Å². The molecule has 0 atom stereocenters. The minimum Gasteiger partial charge on any atom is -0.306 e. The van der Waals surface area contributed by atoms with Crippen LogP contribution in [0.3, 0.4) is 0 Å². The molecule has 6 heteroatoms. The molecule has 0 fully saturated rings. The van der Waals surface area contributed by atoms with E-state index in [0.29, 0.717) is 5.15 Å². The minimum atomic E-state index is 0.517. The van der Waals surface area contributed by atoms with Crippen LogP contribution in [-0.4, -0.2) is 15.2 Å². The molecule has 0 aromatic carbocycles. The maximum absolute atomic E-state index is 5.70. The Morgan fingerprint density at radius 1 is 1.31 bits per heavy atom. The highest BCUT2D eigenvalue weighted by atomic mass is 35.5. The topological polar surface area (TPSA) is 50.7 Å². The fraction of sp³-hybridized carbons (Fsp3) is 0.300. The third kappa shape index (κ3) is 3.23. The minimum absolute atomic E-state index is 0.517. The number of nitrogens with zero attached hydrogens (tertiary/aromatic N) is 3. The van der Waals surface area contributed by atoms with E-state index >= 15 is 0 Å². The summed E-state index contributed by atoms with van der Waals surface area (Å²) in [5.74, 6) is 0. The molecule has 0 aliphatic rings. The van der Waals surface area contributed by atoms with Crippen LogP contribution in [-0.2, 0) is 13.1 Å². The zero-order valence-electron chi connectivity index (χ0n) is 8.77. The number of hydrogen-bond acceptors (Lipinski definition) is 5. The van der Waals surface area contributed by atoms with Crippen molar-refractivity contribution in [2.24, 2.45) is 0 Å². The molecule has 0 aliphatic heterocycles. The van der Waals surface area contributed by atoms with Crippen molar-refractivity contribution in [1.82, 2.24) is 20.5 Å². The lowest BCUT2D eigenvalue weighted by atomic mass is 10.3. The Bertz CT molecular complexity index is 454. The molecule has 0 spiro atoms. The molecule has 2 heterocycles. The van der Waals surface area contributed by atoms with Crippen LogP contribution >= 0.6 is 22.9 Å². The van der Waals surface area contributed by atoms with Crippen LogP contribution in [0.25, 0.3) is 0 Å². The molecule has 0 bridgehead atoms. The van der Waals surface area contributed by atoms with Gasteiger partial charge in [0.15, 0.2) is 0 Å². The van der Waals surface area contributed by atoms with Gasteiger partial charge < -0.3 is 5.32 Å². The predicted molar refractivity (Wildman–Crippen MR) is 64.4 cm³/mol. The zero-order valence-corrected chi connectivity index (χ0v) is 10.3. The van der Waals surface area contributed by atoms with Crippen molar-refractivity contribution >= 4 is 22.9 Å². The van der Waals surface area contributed by atoms with E-state index in [2.05, 4.69) is 20.5 Å². The summed E-state index contributed by atoms with van der Waals surface area (Å²) in [6.45, 7) is 3.43. The third-order valence-electron chi connectivity index (χ3n) is 1.96. The van der Waals surface area contributed by atoms with Crippen LogP contribution in [0.2, 0.25) is 5.15 Å². The van der Waals surface area contributed by atoms with E-state index in [0.717, 1.165) is 28.7 Å². The number of aryl methyl sites for hydroxylation is 1. The van der Waals surface area contributed by atoms with Crippen molar-refractivity contribution in [1.29, 1.82) is 0 Å². The number of pyridine rings is 1. The van der Waals surface area contributed by atoms with Gasteiger partial charge in [0.2, 0.25) is 0 Å². The predicted octanol–water partition coefficient (Wildman–Crippen LogP) is 2.18. The van der Waals surface area contributed by atoms with Crippen LogP contribution in [0.4, 0.5) is 0 Å². The van der Waals surface area contributed by atoms with Crippen LogP contribution < -0.4 is 5.32 Å². The second kappa shape index (κ2) is 5.34. The fourth-order valence-electron chi connectivity index (χ4n) is 1.23. The standard InChI is InChI=1S/C10H11ClN4S/c1-7-14-15-10(16-7)6-12-4-8-2-3-9(11)13-5-8/h2-3,5,12H,4,6H2,1H3. The molecule has 1 N–H and O–H groups in total. The van der Waals surface area contributed by atoms with Crippen molar-refractivity contribution in [2.75, 3.05) is 0 Å². The molecule has 0 saturated carbocycles. The highest BCUT2D eigenvalue weighted by Crippen LogP contribution is 2.08. The Kier molecular flexibility index (Phi) is 3.82. The maximum atomic E-state index is 5.70.